The monoisotopic (exact) mass is 309 g/mol. The molecule has 2 saturated carbocycles. The molecule has 2 fully saturated rings. The summed E-state index contributed by atoms with van der Waals surface area (Å²) in [5.41, 5.74) is 1.19. The normalized spacial score (nSPS) is 27.9. The van der Waals surface area contributed by atoms with Crippen molar-refractivity contribution in [2.45, 2.75) is 75.8 Å². The molecular formula is C17H28ClN3. The number of halogens is 1. The van der Waals surface area contributed by atoms with Crippen LogP contribution in [0.3, 0.4) is 0 Å². The number of hydrogen-bond donors (Lipinski definition) is 1. The number of nitrogens with one attached hydrogen (secondary N) is 1. The molecule has 0 unspecified atom stereocenters. The standard InChI is InChI=1S/C17H28ClN3/c18-15-8-6-14(7-9-15)12-19-13-16-10-11-21(20-16)17-4-2-1-3-5-17/h10-11,14-15,17,19H,1-9,12-13H2. The van der Waals surface area contributed by atoms with Crippen molar-refractivity contribution in [3.63, 3.8) is 0 Å². The molecule has 3 rings (SSSR count). The molecule has 0 spiro atoms. The van der Waals surface area contributed by atoms with E-state index in [4.69, 9.17) is 16.7 Å². The van der Waals surface area contributed by atoms with Gasteiger partial charge in [0.2, 0.25) is 0 Å². The van der Waals surface area contributed by atoms with Crippen LogP contribution in [0.15, 0.2) is 12.3 Å². The lowest BCUT2D eigenvalue weighted by Crippen LogP contribution is -2.26. The third kappa shape index (κ3) is 4.46. The minimum atomic E-state index is 0.424. The fraction of sp³-hybridized carbons (Fsp3) is 0.824. The van der Waals surface area contributed by atoms with Gasteiger partial charge in [-0.3, -0.25) is 4.68 Å². The average molecular weight is 310 g/mol. The summed E-state index contributed by atoms with van der Waals surface area (Å²) in [7, 11) is 0. The fourth-order valence-electron chi connectivity index (χ4n) is 3.75. The molecule has 0 bridgehead atoms. The second-order valence-corrected chi connectivity index (χ2v) is 7.45. The summed E-state index contributed by atoms with van der Waals surface area (Å²) >= 11 is 6.16. The summed E-state index contributed by atoms with van der Waals surface area (Å²) < 4.78 is 2.20. The van der Waals surface area contributed by atoms with E-state index in [9.17, 15) is 0 Å². The summed E-state index contributed by atoms with van der Waals surface area (Å²) in [5.74, 6) is 0.806. The second-order valence-electron chi connectivity index (χ2n) is 6.83. The third-order valence-corrected chi connectivity index (χ3v) is 5.56. The molecule has 3 nitrogen and oxygen atoms in total. The Morgan fingerprint density at radius 3 is 2.62 bits per heavy atom. The van der Waals surface area contributed by atoms with E-state index in [2.05, 4.69) is 22.3 Å². The molecule has 1 aromatic rings. The molecule has 21 heavy (non-hydrogen) atoms. The van der Waals surface area contributed by atoms with Gasteiger partial charge in [0.15, 0.2) is 0 Å². The zero-order valence-electron chi connectivity index (χ0n) is 12.9. The molecular weight excluding hydrogens is 282 g/mol. The SMILES string of the molecule is ClC1CCC(CNCc2ccn(C3CCCCC3)n2)CC1. The van der Waals surface area contributed by atoms with Gasteiger partial charge in [-0.2, -0.15) is 5.10 Å². The average Bonchev–Trinajstić information content (AvgIpc) is 2.99. The van der Waals surface area contributed by atoms with E-state index >= 15 is 0 Å². The topological polar surface area (TPSA) is 29.9 Å². The summed E-state index contributed by atoms with van der Waals surface area (Å²) in [4.78, 5) is 0. The van der Waals surface area contributed by atoms with Gasteiger partial charge in [-0.25, -0.2) is 0 Å². The van der Waals surface area contributed by atoms with E-state index in [0.717, 1.165) is 19.0 Å². The summed E-state index contributed by atoms with van der Waals surface area (Å²) in [5, 5.41) is 8.77. The Morgan fingerprint density at radius 1 is 1.10 bits per heavy atom. The molecule has 118 valence electrons. The van der Waals surface area contributed by atoms with Gasteiger partial charge in [-0.15, -0.1) is 11.6 Å². The predicted molar refractivity (Wildman–Crippen MR) is 87.7 cm³/mol. The fourth-order valence-corrected chi connectivity index (χ4v) is 4.00. The Bertz CT molecular complexity index is 417. The first-order chi connectivity index (χ1) is 10.3. The molecule has 4 heteroatoms. The van der Waals surface area contributed by atoms with Crippen molar-refractivity contribution >= 4 is 11.6 Å². The lowest BCUT2D eigenvalue weighted by Gasteiger charge is -2.25. The predicted octanol–water partition coefficient (Wildman–Crippen LogP) is 4.28. The number of hydrogen-bond acceptors (Lipinski definition) is 2. The largest absolute Gasteiger partial charge is 0.311 e. The highest BCUT2D eigenvalue weighted by Gasteiger charge is 2.19. The van der Waals surface area contributed by atoms with Crippen LogP contribution < -0.4 is 5.32 Å². The molecule has 0 amide bonds. The molecule has 0 saturated heterocycles. The molecule has 2 aliphatic rings. The van der Waals surface area contributed by atoms with Crippen LogP contribution in [0.1, 0.15) is 69.5 Å². The van der Waals surface area contributed by atoms with Crippen molar-refractivity contribution in [3.8, 4) is 0 Å². The Morgan fingerprint density at radius 2 is 1.86 bits per heavy atom. The van der Waals surface area contributed by atoms with Crippen molar-refractivity contribution in [1.29, 1.82) is 0 Å². The molecule has 2 aliphatic carbocycles. The second kappa shape index (κ2) is 7.64. The molecule has 1 heterocycles. The van der Waals surface area contributed by atoms with Crippen LogP contribution in [0.2, 0.25) is 0 Å². The number of alkyl halides is 1. The molecule has 0 aromatic carbocycles. The van der Waals surface area contributed by atoms with Gasteiger partial charge in [0.05, 0.1) is 11.7 Å². The molecule has 0 atom stereocenters. The van der Waals surface area contributed by atoms with E-state index in [-0.39, 0.29) is 0 Å². The Kier molecular flexibility index (Phi) is 5.59. The van der Waals surface area contributed by atoms with Crippen molar-refractivity contribution in [1.82, 2.24) is 15.1 Å². The van der Waals surface area contributed by atoms with Gasteiger partial charge in [0.1, 0.15) is 0 Å². The van der Waals surface area contributed by atoms with Gasteiger partial charge < -0.3 is 5.32 Å². The van der Waals surface area contributed by atoms with Crippen LogP contribution in [-0.2, 0) is 6.54 Å². The quantitative estimate of drug-likeness (QED) is 0.823. The minimum absolute atomic E-state index is 0.424. The third-order valence-electron chi connectivity index (χ3n) is 5.13. The first kappa shape index (κ1) is 15.4. The van der Waals surface area contributed by atoms with Crippen LogP contribution in [0.25, 0.3) is 0 Å². The van der Waals surface area contributed by atoms with Crippen molar-refractivity contribution in [2.24, 2.45) is 5.92 Å². The molecule has 1 aromatic heterocycles. The Hall–Kier alpha value is -0.540. The smallest absolute Gasteiger partial charge is 0.0762 e. The van der Waals surface area contributed by atoms with Crippen LogP contribution in [-0.4, -0.2) is 21.7 Å². The summed E-state index contributed by atoms with van der Waals surface area (Å²) in [6, 6.07) is 2.82. The molecule has 0 aliphatic heterocycles. The van der Waals surface area contributed by atoms with Gasteiger partial charge in [0, 0.05) is 18.1 Å². The lowest BCUT2D eigenvalue weighted by atomic mass is 9.89. The highest BCUT2D eigenvalue weighted by molar-refractivity contribution is 6.20. The van der Waals surface area contributed by atoms with E-state index in [0.29, 0.717) is 11.4 Å². The lowest BCUT2D eigenvalue weighted by molar-refractivity contribution is 0.326. The van der Waals surface area contributed by atoms with E-state index < -0.39 is 0 Å². The van der Waals surface area contributed by atoms with E-state index in [1.165, 1.54) is 63.5 Å². The van der Waals surface area contributed by atoms with Gasteiger partial charge in [-0.05, 0) is 57.1 Å². The zero-order chi connectivity index (χ0) is 14.5. The highest BCUT2D eigenvalue weighted by Crippen LogP contribution is 2.28. The summed E-state index contributed by atoms with van der Waals surface area (Å²) in [6.45, 7) is 2.01. The summed E-state index contributed by atoms with van der Waals surface area (Å²) in [6.07, 6.45) is 13.8. The minimum Gasteiger partial charge on any atom is -0.311 e. The van der Waals surface area contributed by atoms with Crippen molar-refractivity contribution in [2.75, 3.05) is 6.54 Å². The maximum Gasteiger partial charge on any atom is 0.0762 e. The van der Waals surface area contributed by atoms with Gasteiger partial charge in [0.25, 0.3) is 0 Å². The Balaban J connectivity index is 1.40. The first-order valence-electron chi connectivity index (χ1n) is 8.70. The van der Waals surface area contributed by atoms with E-state index in [1.54, 1.807) is 0 Å². The molecule has 0 radical (unpaired) electrons. The maximum absolute atomic E-state index is 6.16. The maximum atomic E-state index is 6.16. The number of rotatable bonds is 5. The van der Waals surface area contributed by atoms with Crippen LogP contribution in [0.4, 0.5) is 0 Å². The highest BCUT2D eigenvalue weighted by atomic mass is 35.5. The van der Waals surface area contributed by atoms with Gasteiger partial charge >= 0.3 is 0 Å². The van der Waals surface area contributed by atoms with Crippen LogP contribution >= 0.6 is 11.6 Å². The number of aromatic nitrogens is 2. The van der Waals surface area contributed by atoms with Crippen LogP contribution in [0.5, 0.6) is 0 Å². The van der Waals surface area contributed by atoms with Crippen molar-refractivity contribution in [3.05, 3.63) is 18.0 Å². The number of nitrogens with zero attached hydrogens (tertiary/aromatic N) is 2. The Labute approximate surface area is 133 Å². The van der Waals surface area contributed by atoms with E-state index in [1.807, 2.05) is 0 Å². The zero-order valence-corrected chi connectivity index (χ0v) is 13.7. The van der Waals surface area contributed by atoms with Crippen LogP contribution in [0, 0.1) is 5.92 Å². The van der Waals surface area contributed by atoms with Crippen molar-refractivity contribution < 1.29 is 0 Å². The van der Waals surface area contributed by atoms with Gasteiger partial charge in [-0.1, -0.05) is 19.3 Å². The molecule has 1 N–H and O–H groups in total. The first-order valence-corrected chi connectivity index (χ1v) is 9.14.